The smallest absolute Gasteiger partial charge is 0.303 e. The van der Waals surface area contributed by atoms with E-state index in [1.165, 1.54) is 76.8 Å². The van der Waals surface area contributed by atoms with E-state index in [9.17, 15) is 9.59 Å². The molecule has 1 amide bonds. The van der Waals surface area contributed by atoms with Crippen LogP contribution < -0.4 is 5.73 Å². The molecule has 0 aliphatic rings. The number of rotatable bonds is 15. The SMILES string of the molecule is CCCCCCCCCCCCCCCC(=O)O.NC(=O)c1cccnc1. The average Bonchev–Trinajstić information content (AvgIpc) is 2.66. The van der Waals surface area contributed by atoms with Crippen molar-refractivity contribution in [3.63, 3.8) is 0 Å². The molecular formula is C22H38N2O3. The highest BCUT2D eigenvalue weighted by Gasteiger charge is 1.97. The van der Waals surface area contributed by atoms with Crippen LogP contribution in [0.25, 0.3) is 0 Å². The summed E-state index contributed by atoms with van der Waals surface area (Å²) in [4.78, 5) is 24.4. The van der Waals surface area contributed by atoms with Crippen LogP contribution >= 0.6 is 0 Å². The topological polar surface area (TPSA) is 93.3 Å². The number of hydrogen-bond donors (Lipinski definition) is 2. The number of primary amides is 1. The largest absolute Gasteiger partial charge is 0.481 e. The third-order valence-corrected chi connectivity index (χ3v) is 4.44. The van der Waals surface area contributed by atoms with Crippen molar-refractivity contribution in [3.8, 4) is 0 Å². The number of carboxylic acid groups (broad SMARTS) is 1. The zero-order valence-corrected chi connectivity index (χ0v) is 17.0. The average molecular weight is 379 g/mol. The highest BCUT2D eigenvalue weighted by atomic mass is 16.4. The number of carboxylic acids is 1. The first-order valence-electron chi connectivity index (χ1n) is 10.5. The van der Waals surface area contributed by atoms with Gasteiger partial charge in [0.2, 0.25) is 5.91 Å². The van der Waals surface area contributed by atoms with Crippen molar-refractivity contribution in [3.05, 3.63) is 30.1 Å². The molecule has 1 heterocycles. The van der Waals surface area contributed by atoms with Gasteiger partial charge in [-0.3, -0.25) is 14.6 Å². The first-order valence-corrected chi connectivity index (χ1v) is 10.5. The van der Waals surface area contributed by atoms with Crippen LogP contribution in [0.15, 0.2) is 24.5 Å². The number of unbranched alkanes of at least 4 members (excludes halogenated alkanes) is 12. The molecule has 0 aliphatic heterocycles. The van der Waals surface area contributed by atoms with Crippen LogP contribution in [-0.2, 0) is 4.79 Å². The summed E-state index contributed by atoms with van der Waals surface area (Å²) < 4.78 is 0. The molecule has 0 saturated carbocycles. The molecule has 0 aliphatic carbocycles. The number of carbonyl (C=O) groups is 2. The summed E-state index contributed by atoms with van der Waals surface area (Å²) >= 11 is 0. The summed E-state index contributed by atoms with van der Waals surface area (Å²) in [5, 5.41) is 8.49. The second kappa shape index (κ2) is 18.9. The molecule has 5 heteroatoms. The van der Waals surface area contributed by atoms with E-state index in [1.807, 2.05) is 0 Å². The molecule has 0 atom stereocenters. The zero-order chi connectivity index (χ0) is 20.2. The van der Waals surface area contributed by atoms with Crippen LogP contribution in [0.3, 0.4) is 0 Å². The Morgan fingerprint density at radius 1 is 0.889 bits per heavy atom. The maximum atomic E-state index is 10.4. The molecule has 0 fully saturated rings. The zero-order valence-electron chi connectivity index (χ0n) is 17.0. The molecule has 5 nitrogen and oxygen atoms in total. The summed E-state index contributed by atoms with van der Waals surface area (Å²) in [7, 11) is 0. The van der Waals surface area contributed by atoms with Gasteiger partial charge in [0.15, 0.2) is 0 Å². The Kier molecular flexibility index (Phi) is 17.5. The number of aliphatic carboxylic acids is 1. The Morgan fingerprint density at radius 2 is 1.37 bits per heavy atom. The van der Waals surface area contributed by atoms with Gasteiger partial charge in [0.25, 0.3) is 0 Å². The second-order valence-corrected chi connectivity index (χ2v) is 6.99. The standard InChI is InChI=1S/C16H32O2.C6H6N2O/c1-2-3-4-5-6-7-8-9-10-11-12-13-14-15-16(17)18;7-6(9)5-2-1-3-8-4-5/h2-15H2,1H3,(H,17,18);1-4H,(H2,7,9). The van der Waals surface area contributed by atoms with Crippen molar-refractivity contribution in [2.24, 2.45) is 5.73 Å². The van der Waals surface area contributed by atoms with Gasteiger partial charge in [-0.25, -0.2) is 0 Å². The number of nitrogens with zero attached hydrogens (tertiary/aromatic N) is 1. The van der Waals surface area contributed by atoms with Crippen LogP contribution in [0, 0.1) is 0 Å². The molecule has 0 saturated heterocycles. The lowest BCUT2D eigenvalue weighted by atomic mass is 10.0. The lowest BCUT2D eigenvalue weighted by Crippen LogP contribution is -2.10. The molecule has 0 bridgehead atoms. The van der Waals surface area contributed by atoms with Gasteiger partial charge < -0.3 is 10.8 Å². The molecule has 1 rings (SSSR count). The lowest BCUT2D eigenvalue weighted by molar-refractivity contribution is -0.137. The van der Waals surface area contributed by atoms with Gasteiger partial charge in [-0.1, -0.05) is 84.0 Å². The first kappa shape index (κ1) is 25.1. The van der Waals surface area contributed by atoms with Crippen molar-refractivity contribution in [2.75, 3.05) is 0 Å². The monoisotopic (exact) mass is 378 g/mol. The van der Waals surface area contributed by atoms with Crippen molar-refractivity contribution in [2.45, 2.75) is 96.8 Å². The molecule has 0 aromatic carbocycles. The van der Waals surface area contributed by atoms with E-state index in [1.54, 1.807) is 18.3 Å². The minimum absolute atomic E-state index is 0.345. The fourth-order valence-electron chi connectivity index (χ4n) is 2.80. The number of aromatic nitrogens is 1. The Hall–Kier alpha value is -1.91. The number of pyridine rings is 1. The fraction of sp³-hybridized carbons (Fsp3) is 0.682. The third-order valence-electron chi connectivity index (χ3n) is 4.44. The number of amides is 1. The molecule has 0 spiro atoms. The number of nitrogens with two attached hydrogens (primary N) is 1. The molecular weight excluding hydrogens is 340 g/mol. The van der Waals surface area contributed by atoms with E-state index in [0.717, 1.165) is 12.8 Å². The minimum atomic E-state index is -0.655. The predicted octanol–water partition coefficient (Wildman–Crippen LogP) is 5.73. The van der Waals surface area contributed by atoms with Gasteiger partial charge in [-0.15, -0.1) is 0 Å². The number of carbonyl (C=O) groups excluding carboxylic acids is 1. The van der Waals surface area contributed by atoms with Crippen LogP contribution in [0.4, 0.5) is 0 Å². The van der Waals surface area contributed by atoms with Crippen LogP contribution in [-0.4, -0.2) is 22.0 Å². The Bertz CT molecular complexity index is 478. The maximum absolute atomic E-state index is 10.4. The van der Waals surface area contributed by atoms with E-state index >= 15 is 0 Å². The van der Waals surface area contributed by atoms with Crippen LogP contribution in [0.5, 0.6) is 0 Å². The van der Waals surface area contributed by atoms with Gasteiger partial charge in [0.05, 0.1) is 5.56 Å². The van der Waals surface area contributed by atoms with Gasteiger partial charge in [-0.05, 0) is 18.6 Å². The number of hydrogen-bond acceptors (Lipinski definition) is 3. The van der Waals surface area contributed by atoms with E-state index in [2.05, 4.69) is 11.9 Å². The molecule has 1 aromatic heterocycles. The molecule has 0 radical (unpaired) electrons. The maximum Gasteiger partial charge on any atom is 0.303 e. The van der Waals surface area contributed by atoms with Gasteiger partial charge in [0, 0.05) is 18.8 Å². The normalized spacial score (nSPS) is 10.1. The van der Waals surface area contributed by atoms with Gasteiger partial charge in [0.1, 0.15) is 0 Å². The summed E-state index contributed by atoms with van der Waals surface area (Å²) in [6.45, 7) is 2.26. The highest BCUT2D eigenvalue weighted by molar-refractivity contribution is 5.92. The summed E-state index contributed by atoms with van der Waals surface area (Å²) in [6.07, 6.45) is 20.3. The summed E-state index contributed by atoms with van der Waals surface area (Å²) in [5.74, 6) is -1.10. The third kappa shape index (κ3) is 18.7. The predicted molar refractivity (Wildman–Crippen MR) is 111 cm³/mol. The molecule has 154 valence electrons. The highest BCUT2D eigenvalue weighted by Crippen LogP contribution is 2.12. The first-order chi connectivity index (χ1) is 13.1. The van der Waals surface area contributed by atoms with Crippen molar-refractivity contribution >= 4 is 11.9 Å². The van der Waals surface area contributed by atoms with Crippen molar-refractivity contribution in [1.29, 1.82) is 0 Å². The Balaban J connectivity index is 0.000000621. The quantitative estimate of drug-likeness (QED) is 0.381. The Labute approximate surface area is 164 Å². The van der Waals surface area contributed by atoms with Gasteiger partial charge in [-0.2, -0.15) is 0 Å². The Morgan fingerprint density at radius 3 is 1.70 bits per heavy atom. The molecule has 27 heavy (non-hydrogen) atoms. The van der Waals surface area contributed by atoms with E-state index in [4.69, 9.17) is 10.8 Å². The van der Waals surface area contributed by atoms with Crippen molar-refractivity contribution < 1.29 is 14.7 Å². The van der Waals surface area contributed by atoms with Gasteiger partial charge >= 0.3 is 5.97 Å². The summed E-state index contributed by atoms with van der Waals surface area (Å²) in [6, 6.07) is 3.29. The van der Waals surface area contributed by atoms with Crippen molar-refractivity contribution in [1.82, 2.24) is 4.98 Å². The lowest BCUT2D eigenvalue weighted by Gasteiger charge is -2.02. The fourth-order valence-corrected chi connectivity index (χ4v) is 2.80. The van der Waals surface area contributed by atoms with Crippen LogP contribution in [0.1, 0.15) is 107 Å². The molecule has 1 aromatic rings. The summed E-state index contributed by atoms with van der Waals surface area (Å²) in [5.41, 5.74) is 5.38. The van der Waals surface area contributed by atoms with E-state index in [0.29, 0.717) is 12.0 Å². The second-order valence-electron chi connectivity index (χ2n) is 6.99. The van der Waals surface area contributed by atoms with E-state index in [-0.39, 0.29) is 0 Å². The molecule has 3 N–H and O–H groups in total. The van der Waals surface area contributed by atoms with Crippen LogP contribution in [0.2, 0.25) is 0 Å². The molecule has 0 unspecified atom stereocenters. The van der Waals surface area contributed by atoms with E-state index < -0.39 is 11.9 Å². The minimum Gasteiger partial charge on any atom is -0.481 e.